The van der Waals surface area contributed by atoms with Crippen molar-refractivity contribution in [1.29, 1.82) is 0 Å². The first-order chi connectivity index (χ1) is 20.4. The standard InChI is InChI=1S/C29H33N5O8/c1-19(35)41-27-26(40-18-21-10-12-22(38-2)13-11-21)25(42-28(27)34-16-14-24(36)32-29(34)37)23(9-6-15-31-33-30)39-17-20-7-4-3-5-8-20/h3-5,7-8,10-14,16,23,25-28H,6,9,15,17-18H2,1-2H3,(H,32,36,37)/t23?,25-,26-,27-,28-/m1/s1. The lowest BCUT2D eigenvalue weighted by atomic mass is 10.0. The van der Waals surface area contributed by atoms with E-state index in [1.165, 1.54) is 19.2 Å². The van der Waals surface area contributed by atoms with E-state index in [-0.39, 0.29) is 19.8 Å². The molecule has 222 valence electrons. The molecule has 0 bridgehead atoms. The Morgan fingerprint density at radius 2 is 1.81 bits per heavy atom. The number of azide groups is 1. The van der Waals surface area contributed by atoms with Gasteiger partial charge in [0.05, 0.1) is 26.4 Å². The molecule has 4 rings (SSSR count). The Bertz CT molecular complexity index is 1470. The summed E-state index contributed by atoms with van der Waals surface area (Å²) in [6.45, 7) is 1.87. The number of H-pyrrole nitrogens is 1. The van der Waals surface area contributed by atoms with Crippen molar-refractivity contribution in [2.75, 3.05) is 13.7 Å². The Hall–Kier alpha value is -4.42. The van der Waals surface area contributed by atoms with Crippen LogP contribution in [0.15, 0.2) is 81.6 Å². The Morgan fingerprint density at radius 1 is 1.07 bits per heavy atom. The van der Waals surface area contributed by atoms with Crippen LogP contribution in [0.3, 0.4) is 0 Å². The molecule has 0 aliphatic carbocycles. The molecule has 0 spiro atoms. The average molecular weight is 580 g/mol. The number of hydrogen-bond acceptors (Lipinski definition) is 9. The van der Waals surface area contributed by atoms with E-state index in [2.05, 4.69) is 15.0 Å². The SMILES string of the molecule is COc1ccc(CO[C@H]2[C@@H](OC(C)=O)[C@H](n3ccc(=O)[nH]c3=O)O[C@@H]2C(CCCN=[N+]=[N-])OCc2ccccc2)cc1. The number of ether oxygens (including phenoxy) is 5. The summed E-state index contributed by atoms with van der Waals surface area (Å²) >= 11 is 0. The van der Waals surface area contributed by atoms with E-state index in [1.807, 2.05) is 42.5 Å². The summed E-state index contributed by atoms with van der Waals surface area (Å²) in [4.78, 5) is 41.9. The van der Waals surface area contributed by atoms with E-state index in [0.717, 1.165) is 15.7 Å². The molecule has 1 fully saturated rings. The second kappa shape index (κ2) is 15.0. The minimum absolute atomic E-state index is 0.129. The van der Waals surface area contributed by atoms with Gasteiger partial charge in [0.15, 0.2) is 12.3 Å². The molecule has 1 aromatic heterocycles. The van der Waals surface area contributed by atoms with E-state index in [9.17, 15) is 14.4 Å². The predicted molar refractivity (Wildman–Crippen MR) is 151 cm³/mol. The van der Waals surface area contributed by atoms with Crippen LogP contribution < -0.4 is 16.0 Å². The highest BCUT2D eigenvalue weighted by Gasteiger charge is 2.52. The highest BCUT2D eigenvalue weighted by Crippen LogP contribution is 2.37. The summed E-state index contributed by atoms with van der Waals surface area (Å²) in [5.41, 5.74) is 9.18. The van der Waals surface area contributed by atoms with Gasteiger partial charge in [-0.3, -0.25) is 19.1 Å². The molecule has 1 saturated heterocycles. The Kier molecular flexibility index (Phi) is 10.9. The fourth-order valence-electron chi connectivity index (χ4n) is 4.76. The van der Waals surface area contributed by atoms with Gasteiger partial charge in [-0.05, 0) is 41.6 Å². The molecule has 13 nitrogen and oxygen atoms in total. The molecule has 0 radical (unpaired) electrons. The summed E-state index contributed by atoms with van der Waals surface area (Å²) in [7, 11) is 1.58. The first kappa shape index (κ1) is 30.5. The quantitative estimate of drug-likeness (QED) is 0.0993. The third kappa shape index (κ3) is 8.08. The number of rotatable bonds is 14. The number of aromatic amines is 1. The third-order valence-electron chi connectivity index (χ3n) is 6.74. The third-order valence-corrected chi connectivity index (χ3v) is 6.74. The molecule has 0 amide bonds. The number of carbonyl (C=O) groups excluding carboxylic acids is 1. The summed E-state index contributed by atoms with van der Waals surface area (Å²) in [6, 6.07) is 18.0. The van der Waals surface area contributed by atoms with Crippen LogP contribution >= 0.6 is 0 Å². The van der Waals surface area contributed by atoms with Gasteiger partial charge in [0, 0.05) is 30.6 Å². The molecule has 1 aliphatic rings. The lowest BCUT2D eigenvalue weighted by Gasteiger charge is -2.29. The molecular weight excluding hydrogens is 546 g/mol. The normalized spacial score (nSPS) is 20.4. The number of nitrogens with zero attached hydrogens (tertiary/aromatic N) is 4. The molecular formula is C29H33N5O8. The van der Waals surface area contributed by atoms with Crippen LogP contribution in [0.5, 0.6) is 5.75 Å². The average Bonchev–Trinajstić information content (AvgIpc) is 3.33. The van der Waals surface area contributed by atoms with Crippen molar-refractivity contribution < 1.29 is 28.5 Å². The second-order valence-electron chi connectivity index (χ2n) is 9.64. The summed E-state index contributed by atoms with van der Waals surface area (Å²) < 4.78 is 31.2. The molecule has 1 N–H and O–H groups in total. The van der Waals surface area contributed by atoms with Gasteiger partial charge < -0.3 is 23.7 Å². The van der Waals surface area contributed by atoms with Gasteiger partial charge in [-0.2, -0.15) is 0 Å². The van der Waals surface area contributed by atoms with Crippen LogP contribution in [-0.2, 0) is 37.0 Å². The number of carbonyl (C=O) groups is 1. The molecule has 13 heteroatoms. The smallest absolute Gasteiger partial charge is 0.330 e. The number of hydrogen-bond donors (Lipinski definition) is 1. The lowest BCUT2D eigenvalue weighted by molar-refractivity contribution is -0.158. The number of aromatic nitrogens is 2. The zero-order chi connectivity index (χ0) is 29.9. The van der Waals surface area contributed by atoms with Crippen LogP contribution in [0.1, 0.15) is 37.1 Å². The summed E-state index contributed by atoms with van der Waals surface area (Å²) in [5, 5.41) is 3.63. The van der Waals surface area contributed by atoms with Crippen molar-refractivity contribution in [3.05, 3.63) is 109 Å². The lowest BCUT2D eigenvalue weighted by Crippen LogP contribution is -2.44. The van der Waals surface area contributed by atoms with E-state index in [4.69, 9.17) is 29.2 Å². The Balaban J connectivity index is 1.69. The molecule has 3 aromatic rings. The molecule has 42 heavy (non-hydrogen) atoms. The van der Waals surface area contributed by atoms with E-state index < -0.39 is 47.9 Å². The summed E-state index contributed by atoms with van der Waals surface area (Å²) in [5.74, 6) is 0.0837. The van der Waals surface area contributed by atoms with Gasteiger partial charge in [-0.1, -0.05) is 47.6 Å². The van der Waals surface area contributed by atoms with Gasteiger partial charge in [-0.25, -0.2) is 4.79 Å². The van der Waals surface area contributed by atoms with E-state index in [0.29, 0.717) is 18.6 Å². The van der Waals surface area contributed by atoms with Gasteiger partial charge in [0.2, 0.25) is 0 Å². The highest BCUT2D eigenvalue weighted by molar-refractivity contribution is 5.66. The Morgan fingerprint density at radius 3 is 2.48 bits per heavy atom. The maximum atomic E-state index is 12.8. The minimum Gasteiger partial charge on any atom is -0.497 e. The van der Waals surface area contributed by atoms with E-state index >= 15 is 0 Å². The van der Waals surface area contributed by atoms with Crippen molar-refractivity contribution in [2.45, 2.75) is 63.6 Å². The molecule has 2 heterocycles. The number of nitrogens with one attached hydrogen (secondary N) is 1. The van der Waals surface area contributed by atoms with Gasteiger partial charge in [-0.15, -0.1) is 0 Å². The van der Waals surface area contributed by atoms with Crippen molar-refractivity contribution in [3.8, 4) is 5.75 Å². The van der Waals surface area contributed by atoms with E-state index in [1.54, 1.807) is 19.2 Å². The number of methoxy groups -OCH3 is 1. The zero-order valence-electron chi connectivity index (χ0n) is 23.3. The molecule has 0 saturated carbocycles. The van der Waals surface area contributed by atoms with Gasteiger partial charge in [0.25, 0.3) is 5.56 Å². The maximum Gasteiger partial charge on any atom is 0.330 e. The highest BCUT2D eigenvalue weighted by atomic mass is 16.6. The number of esters is 1. The van der Waals surface area contributed by atoms with Crippen molar-refractivity contribution in [3.63, 3.8) is 0 Å². The van der Waals surface area contributed by atoms with Crippen molar-refractivity contribution >= 4 is 5.97 Å². The molecule has 5 atom stereocenters. The fourth-order valence-corrected chi connectivity index (χ4v) is 4.76. The van der Waals surface area contributed by atoms with Crippen molar-refractivity contribution in [2.24, 2.45) is 5.11 Å². The van der Waals surface area contributed by atoms with Crippen LogP contribution in [-0.4, -0.2) is 53.6 Å². The van der Waals surface area contributed by atoms with Crippen molar-refractivity contribution in [1.82, 2.24) is 9.55 Å². The fraction of sp³-hybridized carbons (Fsp3) is 0.414. The monoisotopic (exact) mass is 579 g/mol. The first-order valence-corrected chi connectivity index (χ1v) is 13.4. The molecule has 1 aliphatic heterocycles. The van der Waals surface area contributed by atoms with Gasteiger partial charge >= 0.3 is 11.7 Å². The topological polar surface area (TPSA) is 167 Å². The van der Waals surface area contributed by atoms with Crippen LogP contribution in [0, 0.1) is 0 Å². The number of benzene rings is 2. The molecule has 1 unspecified atom stereocenters. The van der Waals surface area contributed by atoms with Crippen LogP contribution in [0.2, 0.25) is 0 Å². The summed E-state index contributed by atoms with van der Waals surface area (Å²) in [6.07, 6.45) is -2.30. The van der Waals surface area contributed by atoms with Crippen LogP contribution in [0.25, 0.3) is 10.4 Å². The zero-order valence-corrected chi connectivity index (χ0v) is 23.3. The van der Waals surface area contributed by atoms with Gasteiger partial charge in [0.1, 0.15) is 18.0 Å². The Labute approximate surface area is 241 Å². The largest absolute Gasteiger partial charge is 0.497 e. The first-order valence-electron chi connectivity index (χ1n) is 13.4. The predicted octanol–water partition coefficient (Wildman–Crippen LogP) is 3.64. The second-order valence-corrected chi connectivity index (χ2v) is 9.64. The van der Waals surface area contributed by atoms with Crippen LogP contribution in [0.4, 0.5) is 0 Å². The maximum absolute atomic E-state index is 12.8. The minimum atomic E-state index is -1.12. The molecule has 2 aromatic carbocycles.